The summed E-state index contributed by atoms with van der Waals surface area (Å²) in [6, 6.07) is 12.5. The van der Waals surface area contributed by atoms with Crippen molar-refractivity contribution in [3.8, 4) is 0 Å². The van der Waals surface area contributed by atoms with Crippen molar-refractivity contribution >= 4 is 28.5 Å². The maximum atomic E-state index is 13.5. The van der Waals surface area contributed by atoms with Gasteiger partial charge in [0.1, 0.15) is 5.82 Å². The summed E-state index contributed by atoms with van der Waals surface area (Å²) < 4.78 is 15.3. The van der Waals surface area contributed by atoms with Gasteiger partial charge in [-0.25, -0.2) is 9.37 Å². The van der Waals surface area contributed by atoms with Crippen molar-refractivity contribution < 1.29 is 9.18 Å². The van der Waals surface area contributed by atoms with Crippen LogP contribution >= 0.6 is 11.6 Å². The van der Waals surface area contributed by atoms with Crippen LogP contribution in [0.2, 0.25) is 5.28 Å². The predicted molar refractivity (Wildman–Crippen MR) is 94.9 cm³/mol. The average molecular weight is 358 g/mol. The largest absolute Gasteiger partial charge is 0.338 e. The molecule has 0 saturated carbocycles. The molecule has 1 amide bonds. The lowest BCUT2D eigenvalue weighted by Crippen LogP contribution is -2.23. The minimum Gasteiger partial charge on any atom is -0.338 e. The van der Waals surface area contributed by atoms with Gasteiger partial charge in [-0.15, -0.1) is 0 Å². The molecule has 0 bridgehead atoms. The number of halogens is 2. The number of hydrogen-bond acceptors (Lipinski definition) is 2. The third-order valence-corrected chi connectivity index (χ3v) is 4.86. The number of carbonyl (C=O) groups is 1. The Bertz CT molecular complexity index is 936. The van der Waals surface area contributed by atoms with Crippen LogP contribution in [0.1, 0.15) is 24.0 Å². The number of likely N-dealkylation sites (tertiary alicyclic amines) is 1. The number of hydrogen-bond donors (Lipinski definition) is 0. The first-order chi connectivity index (χ1) is 12.1. The standard InChI is InChI=1S/C19H17ClFN3O/c20-19-22-16-8-7-15(21)10-17(16)24(19)12-14-5-3-13(4-6-14)11-23-9-1-2-18(23)25/h3-8,10H,1-2,9,11-12H2. The summed E-state index contributed by atoms with van der Waals surface area (Å²) in [5.41, 5.74) is 3.50. The molecule has 0 N–H and O–H groups in total. The molecular formula is C19H17ClFN3O. The van der Waals surface area contributed by atoms with E-state index in [0.29, 0.717) is 35.8 Å². The van der Waals surface area contributed by atoms with Crippen LogP contribution in [0.3, 0.4) is 0 Å². The number of amides is 1. The Morgan fingerprint density at radius 1 is 1.08 bits per heavy atom. The molecule has 1 aliphatic rings. The molecule has 1 saturated heterocycles. The fraction of sp³-hybridized carbons (Fsp3) is 0.263. The molecule has 25 heavy (non-hydrogen) atoms. The smallest absolute Gasteiger partial charge is 0.222 e. The lowest BCUT2D eigenvalue weighted by Gasteiger charge is -2.15. The van der Waals surface area contributed by atoms with E-state index in [9.17, 15) is 9.18 Å². The first-order valence-corrected chi connectivity index (χ1v) is 8.65. The molecule has 4 rings (SSSR count). The lowest BCUT2D eigenvalue weighted by molar-refractivity contribution is -0.128. The Morgan fingerprint density at radius 2 is 1.80 bits per heavy atom. The molecule has 0 unspecified atom stereocenters. The maximum Gasteiger partial charge on any atom is 0.222 e. The second-order valence-electron chi connectivity index (χ2n) is 6.34. The van der Waals surface area contributed by atoms with Gasteiger partial charge in [-0.1, -0.05) is 24.3 Å². The summed E-state index contributed by atoms with van der Waals surface area (Å²) in [6.45, 7) is 2.00. The van der Waals surface area contributed by atoms with Gasteiger partial charge in [-0.05, 0) is 47.3 Å². The van der Waals surface area contributed by atoms with Gasteiger partial charge in [-0.2, -0.15) is 0 Å². The van der Waals surface area contributed by atoms with Gasteiger partial charge in [0, 0.05) is 19.5 Å². The highest BCUT2D eigenvalue weighted by Crippen LogP contribution is 2.22. The van der Waals surface area contributed by atoms with Crippen LogP contribution in [-0.4, -0.2) is 26.9 Å². The molecule has 1 aromatic heterocycles. The fourth-order valence-corrected chi connectivity index (χ4v) is 3.48. The van der Waals surface area contributed by atoms with Gasteiger partial charge >= 0.3 is 0 Å². The average Bonchev–Trinajstić information content (AvgIpc) is 3.13. The number of fused-ring (bicyclic) bond motifs is 1. The van der Waals surface area contributed by atoms with E-state index < -0.39 is 0 Å². The molecule has 0 radical (unpaired) electrons. The Morgan fingerprint density at radius 3 is 2.48 bits per heavy atom. The maximum absolute atomic E-state index is 13.5. The summed E-state index contributed by atoms with van der Waals surface area (Å²) in [5.74, 6) is -0.0845. The first kappa shape index (κ1) is 16.1. The van der Waals surface area contributed by atoms with E-state index in [1.807, 2.05) is 29.2 Å². The van der Waals surface area contributed by atoms with Crippen LogP contribution in [0.25, 0.3) is 11.0 Å². The summed E-state index contributed by atoms with van der Waals surface area (Å²) in [7, 11) is 0. The minimum absolute atomic E-state index is 0.225. The summed E-state index contributed by atoms with van der Waals surface area (Å²) in [6.07, 6.45) is 1.60. The molecule has 0 spiro atoms. The van der Waals surface area contributed by atoms with E-state index in [0.717, 1.165) is 24.1 Å². The van der Waals surface area contributed by atoms with Crippen LogP contribution < -0.4 is 0 Å². The van der Waals surface area contributed by atoms with Gasteiger partial charge in [0.25, 0.3) is 0 Å². The molecule has 0 aliphatic carbocycles. The number of imidazole rings is 1. The van der Waals surface area contributed by atoms with E-state index in [1.54, 1.807) is 10.6 Å². The zero-order valence-corrected chi connectivity index (χ0v) is 14.3. The minimum atomic E-state index is -0.309. The Balaban J connectivity index is 1.54. The van der Waals surface area contributed by atoms with Gasteiger partial charge < -0.3 is 9.47 Å². The van der Waals surface area contributed by atoms with E-state index in [1.165, 1.54) is 12.1 Å². The van der Waals surface area contributed by atoms with Crippen molar-refractivity contribution in [2.75, 3.05) is 6.54 Å². The highest BCUT2D eigenvalue weighted by molar-refractivity contribution is 6.29. The predicted octanol–water partition coefficient (Wildman–Crippen LogP) is 4.00. The molecule has 1 fully saturated rings. The van der Waals surface area contributed by atoms with Crippen molar-refractivity contribution in [2.45, 2.75) is 25.9 Å². The Labute approximate surface area is 149 Å². The number of benzene rings is 2. The molecule has 4 nitrogen and oxygen atoms in total. The van der Waals surface area contributed by atoms with Crippen LogP contribution in [-0.2, 0) is 17.9 Å². The van der Waals surface area contributed by atoms with Gasteiger partial charge in [-0.3, -0.25) is 4.79 Å². The topological polar surface area (TPSA) is 38.1 Å². The highest BCUT2D eigenvalue weighted by Gasteiger charge is 2.19. The summed E-state index contributed by atoms with van der Waals surface area (Å²) >= 11 is 6.22. The summed E-state index contributed by atoms with van der Waals surface area (Å²) in [5, 5.41) is 0.340. The van der Waals surface area contributed by atoms with E-state index in [-0.39, 0.29) is 11.7 Å². The van der Waals surface area contributed by atoms with Gasteiger partial charge in [0.05, 0.1) is 17.6 Å². The van der Waals surface area contributed by atoms with Crippen molar-refractivity contribution in [1.82, 2.24) is 14.5 Å². The van der Waals surface area contributed by atoms with Crippen molar-refractivity contribution in [3.63, 3.8) is 0 Å². The summed E-state index contributed by atoms with van der Waals surface area (Å²) in [4.78, 5) is 17.9. The third-order valence-electron chi connectivity index (χ3n) is 4.57. The highest BCUT2D eigenvalue weighted by atomic mass is 35.5. The molecule has 0 atom stereocenters. The Kier molecular flexibility index (Phi) is 4.17. The van der Waals surface area contributed by atoms with Crippen molar-refractivity contribution in [1.29, 1.82) is 0 Å². The SMILES string of the molecule is O=C1CCCN1Cc1ccc(Cn2c(Cl)nc3ccc(F)cc32)cc1. The molecule has 6 heteroatoms. The molecule has 1 aliphatic heterocycles. The Hall–Kier alpha value is -2.40. The van der Waals surface area contributed by atoms with Crippen LogP contribution in [0.4, 0.5) is 4.39 Å². The third kappa shape index (κ3) is 3.24. The number of carbonyl (C=O) groups excluding carboxylic acids is 1. The van der Waals surface area contributed by atoms with Gasteiger partial charge in [0.15, 0.2) is 0 Å². The first-order valence-electron chi connectivity index (χ1n) is 8.27. The van der Waals surface area contributed by atoms with E-state index in [4.69, 9.17) is 11.6 Å². The van der Waals surface area contributed by atoms with Crippen LogP contribution in [0.5, 0.6) is 0 Å². The quantitative estimate of drug-likeness (QED) is 0.707. The molecular weight excluding hydrogens is 341 g/mol. The van der Waals surface area contributed by atoms with Gasteiger partial charge in [0.2, 0.25) is 11.2 Å². The van der Waals surface area contributed by atoms with Crippen molar-refractivity contribution in [2.24, 2.45) is 0 Å². The van der Waals surface area contributed by atoms with Crippen molar-refractivity contribution in [3.05, 3.63) is 64.7 Å². The lowest BCUT2D eigenvalue weighted by atomic mass is 10.1. The second kappa shape index (κ2) is 6.48. The fourth-order valence-electron chi connectivity index (χ4n) is 3.24. The van der Waals surface area contributed by atoms with Crippen LogP contribution in [0.15, 0.2) is 42.5 Å². The molecule has 128 valence electrons. The monoisotopic (exact) mass is 357 g/mol. The molecule has 2 aromatic carbocycles. The number of aromatic nitrogens is 2. The molecule has 3 aromatic rings. The van der Waals surface area contributed by atoms with E-state index in [2.05, 4.69) is 4.98 Å². The normalized spacial score (nSPS) is 14.6. The van der Waals surface area contributed by atoms with E-state index >= 15 is 0 Å². The second-order valence-corrected chi connectivity index (χ2v) is 6.67. The zero-order chi connectivity index (χ0) is 17.4. The number of nitrogens with zero attached hydrogens (tertiary/aromatic N) is 3. The molecule has 2 heterocycles. The number of rotatable bonds is 4. The zero-order valence-electron chi connectivity index (χ0n) is 13.6. The van der Waals surface area contributed by atoms with Crippen LogP contribution in [0, 0.1) is 5.82 Å².